The first-order valence-corrected chi connectivity index (χ1v) is 16.5. The average molecular weight is 671 g/mol. The highest BCUT2D eigenvalue weighted by Gasteiger charge is 2.70. The van der Waals surface area contributed by atoms with Crippen molar-refractivity contribution in [2.24, 2.45) is 10.8 Å². The maximum atomic E-state index is 16.6. The molecule has 2 fully saturated rings. The molecular weight excluding hydrogens is 630 g/mol. The molecule has 2 saturated heterocycles. The van der Waals surface area contributed by atoms with Crippen molar-refractivity contribution in [1.29, 1.82) is 0 Å². The van der Waals surface area contributed by atoms with Crippen LogP contribution in [0.1, 0.15) is 54.7 Å². The lowest BCUT2D eigenvalue weighted by Gasteiger charge is -2.27. The minimum Gasteiger partial charge on any atom is -0.333 e. The van der Waals surface area contributed by atoms with Crippen molar-refractivity contribution in [2.45, 2.75) is 78.7 Å². The monoisotopic (exact) mass is 670 g/mol. The molecule has 0 spiro atoms. The molecule has 17 heteroatoms. The van der Waals surface area contributed by atoms with E-state index in [2.05, 4.69) is 4.98 Å². The summed E-state index contributed by atoms with van der Waals surface area (Å²) < 4.78 is 57.1. The van der Waals surface area contributed by atoms with Gasteiger partial charge in [-0.25, -0.2) is 9.18 Å². The first-order valence-electron chi connectivity index (χ1n) is 13.5. The molecule has 0 aromatic carbocycles. The number of thioether (sulfide) groups is 2. The number of H-pyrrole nitrogens is 1. The zero-order valence-electron chi connectivity index (χ0n) is 25.5. The molecule has 13 nitrogen and oxygen atoms in total. The molecule has 0 aliphatic carbocycles. The maximum Gasteiger partial charge on any atom is 0.332 e. The number of alkyl halides is 1. The van der Waals surface area contributed by atoms with E-state index >= 15 is 4.39 Å². The highest BCUT2D eigenvalue weighted by Crippen LogP contribution is 2.54. The largest absolute Gasteiger partial charge is 0.333 e. The van der Waals surface area contributed by atoms with Crippen molar-refractivity contribution in [1.82, 2.24) is 9.55 Å². The van der Waals surface area contributed by atoms with Gasteiger partial charge in [0.15, 0.2) is 22.6 Å². The SMILES string of the molecule is COC1O[C@H]2[C@@](C)(O1)[C@H](n1ccc(=O)[nH]c1=O)O[C@]2(F)COP(OCCSC(=O)C(C)(C)C)OCCSC(=O)C(C)(C)C. The molecule has 43 heavy (non-hydrogen) atoms. The Labute approximate surface area is 259 Å². The van der Waals surface area contributed by atoms with E-state index in [1.54, 1.807) is 0 Å². The summed E-state index contributed by atoms with van der Waals surface area (Å²) in [7, 11) is -0.863. The predicted octanol–water partition coefficient (Wildman–Crippen LogP) is 3.72. The smallest absolute Gasteiger partial charge is 0.332 e. The molecule has 244 valence electrons. The topological polar surface area (TPSA) is 154 Å². The van der Waals surface area contributed by atoms with E-state index in [1.165, 1.54) is 14.0 Å². The number of fused-ring (bicyclic) bond motifs is 1. The Kier molecular flexibility index (Phi) is 12.2. The van der Waals surface area contributed by atoms with Gasteiger partial charge in [0, 0.05) is 41.7 Å². The number of hydrogen-bond donors (Lipinski definition) is 1. The first kappa shape index (κ1) is 36.3. The molecule has 0 radical (unpaired) electrons. The normalized spacial score (nSPS) is 27.5. The van der Waals surface area contributed by atoms with Crippen LogP contribution < -0.4 is 11.2 Å². The average Bonchev–Trinajstić information content (AvgIpc) is 3.36. The Hall–Kier alpha value is -1.20. The minimum atomic E-state index is -2.68. The lowest BCUT2D eigenvalue weighted by molar-refractivity contribution is -0.300. The number of methoxy groups -OCH3 is 1. The van der Waals surface area contributed by atoms with E-state index < -0.39 is 67.6 Å². The molecule has 3 heterocycles. The molecule has 0 amide bonds. The lowest BCUT2D eigenvalue weighted by atomic mass is 9.95. The Morgan fingerprint density at radius 2 is 1.58 bits per heavy atom. The van der Waals surface area contributed by atoms with Gasteiger partial charge in [-0.1, -0.05) is 65.1 Å². The van der Waals surface area contributed by atoms with Crippen molar-refractivity contribution in [3.8, 4) is 0 Å². The Morgan fingerprint density at radius 1 is 1.02 bits per heavy atom. The summed E-state index contributed by atoms with van der Waals surface area (Å²) in [6, 6.07) is 1.09. The molecule has 5 atom stereocenters. The number of nitrogens with zero attached hydrogens (tertiary/aromatic N) is 1. The summed E-state index contributed by atoms with van der Waals surface area (Å²) >= 11 is 2.20. The van der Waals surface area contributed by atoms with E-state index in [-0.39, 0.29) is 23.4 Å². The fraction of sp³-hybridized carbons (Fsp3) is 0.769. The second-order valence-electron chi connectivity index (χ2n) is 12.1. The van der Waals surface area contributed by atoms with Gasteiger partial charge >= 0.3 is 14.3 Å². The fourth-order valence-electron chi connectivity index (χ4n) is 3.96. The third-order valence-corrected chi connectivity index (χ3v) is 9.84. The Balaban J connectivity index is 1.72. The summed E-state index contributed by atoms with van der Waals surface area (Å²) in [6.45, 7) is 10.5. The number of carbonyl (C=O) groups excluding carboxylic acids is 2. The van der Waals surface area contributed by atoms with E-state index in [1.807, 2.05) is 41.5 Å². The van der Waals surface area contributed by atoms with Gasteiger partial charge in [-0.3, -0.25) is 23.9 Å². The van der Waals surface area contributed by atoms with Crippen LogP contribution in [-0.2, 0) is 42.1 Å². The lowest BCUT2D eigenvalue weighted by Crippen LogP contribution is -2.48. The van der Waals surface area contributed by atoms with Crippen LogP contribution in [0.25, 0.3) is 0 Å². The molecular formula is C26H40FN2O11PS2. The molecule has 0 saturated carbocycles. The van der Waals surface area contributed by atoms with Crippen LogP contribution in [0.3, 0.4) is 0 Å². The standard InChI is InChI=1S/C26H40FN2O11PS2/c1-23(2,3)19(31)42-13-11-35-41(36-12-14-43-20(32)24(4,5)6)37-15-26(27)17-25(7,40-22(34-8)38-17)18(39-26)29-10-9-16(30)28-21(29)33/h9-10,17-18,22H,11-15H2,1-8H3,(H,28,30,33)/t17-,18+,22?,25+,26+/m0/s1. The van der Waals surface area contributed by atoms with Crippen LogP contribution in [0.5, 0.6) is 0 Å². The third-order valence-electron chi connectivity index (χ3n) is 6.22. The van der Waals surface area contributed by atoms with Crippen molar-refractivity contribution < 1.29 is 46.5 Å². The first-order chi connectivity index (χ1) is 19.9. The van der Waals surface area contributed by atoms with Crippen molar-refractivity contribution in [2.75, 3.05) is 38.4 Å². The van der Waals surface area contributed by atoms with E-state index in [9.17, 15) is 19.2 Å². The summed E-state index contributed by atoms with van der Waals surface area (Å²) in [4.78, 5) is 50.8. The van der Waals surface area contributed by atoms with Gasteiger partial charge < -0.3 is 32.5 Å². The summed E-state index contributed by atoms with van der Waals surface area (Å²) in [5, 5.41) is -0.0364. The van der Waals surface area contributed by atoms with E-state index in [0.29, 0.717) is 11.5 Å². The number of halogens is 1. The molecule has 1 N–H and O–H groups in total. The molecule has 0 bridgehead atoms. The maximum absolute atomic E-state index is 16.6. The van der Waals surface area contributed by atoms with Gasteiger partial charge in [0.2, 0.25) is 0 Å². The van der Waals surface area contributed by atoms with Gasteiger partial charge in [0.25, 0.3) is 17.9 Å². The predicted molar refractivity (Wildman–Crippen MR) is 159 cm³/mol. The minimum absolute atomic E-state index is 0.0182. The number of aromatic nitrogens is 2. The summed E-state index contributed by atoms with van der Waals surface area (Å²) in [5.74, 6) is -2.06. The van der Waals surface area contributed by atoms with Crippen LogP contribution in [-0.4, -0.2) is 82.3 Å². The summed E-state index contributed by atoms with van der Waals surface area (Å²) in [5.41, 5.74) is -4.11. The zero-order chi connectivity index (χ0) is 32.2. The Morgan fingerprint density at radius 3 is 2.07 bits per heavy atom. The number of nitrogens with one attached hydrogen (secondary N) is 1. The number of carbonyl (C=O) groups is 2. The van der Waals surface area contributed by atoms with Gasteiger partial charge in [-0.2, -0.15) is 0 Å². The van der Waals surface area contributed by atoms with Crippen LogP contribution >= 0.6 is 32.1 Å². The quantitative estimate of drug-likeness (QED) is 0.240. The van der Waals surface area contributed by atoms with Gasteiger partial charge in [0.05, 0.1) is 13.2 Å². The fourth-order valence-corrected chi connectivity index (χ4v) is 6.76. The van der Waals surface area contributed by atoms with Crippen LogP contribution in [0, 0.1) is 10.8 Å². The number of rotatable bonds is 13. The molecule has 2 aliphatic rings. The molecule has 1 aromatic rings. The van der Waals surface area contributed by atoms with Crippen molar-refractivity contribution >= 4 is 42.4 Å². The van der Waals surface area contributed by atoms with Gasteiger partial charge in [-0.05, 0) is 6.92 Å². The molecule has 1 aromatic heterocycles. The van der Waals surface area contributed by atoms with Crippen LogP contribution in [0.15, 0.2) is 21.9 Å². The molecule has 1 unspecified atom stereocenters. The molecule has 2 aliphatic heterocycles. The Bertz CT molecular complexity index is 1220. The van der Waals surface area contributed by atoms with E-state index in [0.717, 1.165) is 40.4 Å². The number of ether oxygens (including phenoxy) is 4. The van der Waals surface area contributed by atoms with Gasteiger partial charge in [-0.15, -0.1) is 0 Å². The second kappa shape index (κ2) is 14.5. The highest BCUT2D eigenvalue weighted by atomic mass is 32.2. The molecule has 3 rings (SSSR count). The number of hydrogen-bond acceptors (Lipinski definition) is 13. The third kappa shape index (κ3) is 9.18. The second-order valence-corrected chi connectivity index (χ2v) is 15.4. The van der Waals surface area contributed by atoms with Crippen molar-refractivity contribution in [3.05, 3.63) is 33.1 Å². The summed E-state index contributed by atoms with van der Waals surface area (Å²) in [6.07, 6.45) is -1.63. The van der Waals surface area contributed by atoms with Gasteiger partial charge in [0.1, 0.15) is 12.2 Å². The number of aromatic amines is 1. The zero-order valence-corrected chi connectivity index (χ0v) is 28.0. The van der Waals surface area contributed by atoms with E-state index in [4.69, 9.17) is 32.5 Å². The van der Waals surface area contributed by atoms with Crippen LogP contribution in [0.2, 0.25) is 0 Å². The van der Waals surface area contributed by atoms with Crippen molar-refractivity contribution in [3.63, 3.8) is 0 Å². The highest BCUT2D eigenvalue weighted by molar-refractivity contribution is 8.14. The van der Waals surface area contributed by atoms with Crippen LogP contribution in [0.4, 0.5) is 4.39 Å².